The first kappa shape index (κ1) is 20.9. The number of fused-ring (bicyclic) bond motifs is 1. The number of carbonyl (C=O) groups is 1. The molecule has 3 aromatic rings. The fourth-order valence-corrected chi connectivity index (χ4v) is 3.70. The van der Waals surface area contributed by atoms with E-state index in [1.165, 1.54) is 0 Å². The van der Waals surface area contributed by atoms with Gasteiger partial charge in [-0.2, -0.15) is 5.26 Å². The highest BCUT2D eigenvalue weighted by Crippen LogP contribution is 2.42. The third kappa shape index (κ3) is 4.12. The summed E-state index contributed by atoms with van der Waals surface area (Å²) in [5.74, 6) is -1.10. The van der Waals surface area contributed by atoms with Crippen LogP contribution in [0.1, 0.15) is 43.6 Å². The summed E-state index contributed by atoms with van der Waals surface area (Å²) in [6, 6.07) is 17.0. The lowest BCUT2D eigenvalue weighted by Crippen LogP contribution is -2.28. The van der Waals surface area contributed by atoms with Crippen LogP contribution < -0.4 is 0 Å². The van der Waals surface area contributed by atoms with Gasteiger partial charge < -0.3 is 9.84 Å². The number of halogens is 1. The minimum atomic E-state index is -1.22. The van der Waals surface area contributed by atoms with Gasteiger partial charge in [-0.05, 0) is 61.9 Å². The Morgan fingerprint density at radius 3 is 2.21 bits per heavy atom. The first-order valence-electron chi connectivity index (χ1n) is 9.26. The second kappa shape index (κ2) is 7.87. The van der Waals surface area contributed by atoms with Crippen molar-refractivity contribution in [1.82, 2.24) is 0 Å². The van der Waals surface area contributed by atoms with Crippen LogP contribution in [0.4, 0.5) is 0 Å². The van der Waals surface area contributed by atoms with E-state index < -0.39 is 17.7 Å². The molecule has 0 aliphatic heterocycles. The number of hydrogen-bond acceptors (Lipinski definition) is 3. The van der Waals surface area contributed by atoms with Crippen LogP contribution in [0.3, 0.4) is 0 Å². The molecule has 0 saturated carbocycles. The van der Waals surface area contributed by atoms with Crippen molar-refractivity contribution < 1.29 is 14.6 Å². The van der Waals surface area contributed by atoms with Gasteiger partial charge in [0.2, 0.25) is 0 Å². The summed E-state index contributed by atoms with van der Waals surface area (Å²) >= 11 is 6.07. The molecule has 3 aromatic carbocycles. The minimum Gasteiger partial charge on any atom is -0.479 e. The molecular weight excluding hydrogens is 386 g/mol. The molecule has 0 aromatic heterocycles. The fraction of sp³-hybridized carbons (Fsp3) is 0.250. The van der Waals surface area contributed by atoms with Gasteiger partial charge in [0.15, 0.2) is 6.10 Å². The van der Waals surface area contributed by atoms with Crippen LogP contribution in [0, 0.1) is 18.3 Å². The predicted molar refractivity (Wildman–Crippen MR) is 115 cm³/mol. The van der Waals surface area contributed by atoms with Crippen LogP contribution in [-0.4, -0.2) is 16.7 Å². The van der Waals surface area contributed by atoms with Crippen LogP contribution in [0.25, 0.3) is 21.9 Å². The summed E-state index contributed by atoms with van der Waals surface area (Å²) in [7, 11) is 0. The Kier molecular flexibility index (Phi) is 5.66. The molecule has 0 spiro atoms. The Labute approximate surface area is 175 Å². The number of nitrogens with zero attached hydrogens (tertiary/aromatic N) is 1. The van der Waals surface area contributed by atoms with Gasteiger partial charge in [0.05, 0.1) is 11.2 Å². The summed E-state index contributed by atoms with van der Waals surface area (Å²) in [4.78, 5) is 12.3. The largest absolute Gasteiger partial charge is 0.479 e. The molecule has 1 N–H and O–H groups in total. The number of nitriles is 1. The Morgan fingerprint density at radius 1 is 1.10 bits per heavy atom. The zero-order valence-electron chi connectivity index (χ0n) is 16.8. The summed E-state index contributed by atoms with van der Waals surface area (Å²) in [5, 5.41) is 22.0. The Morgan fingerprint density at radius 2 is 1.69 bits per heavy atom. The quantitative estimate of drug-likeness (QED) is 0.552. The van der Waals surface area contributed by atoms with Crippen molar-refractivity contribution in [2.45, 2.75) is 39.4 Å². The van der Waals surface area contributed by atoms with Gasteiger partial charge >= 0.3 is 5.97 Å². The molecule has 0 bridgehead atoms. The number of benzene rings is 3. The minimum absolute atomic E-state index is 0.456. The van der Waals surface area contributed by atoms with Crippen LogP contribution in [0.5, 0.6) is 0 Å². The van der Waals surface area contributed by atoms with Crippen LogP contribution >= 0.6 is 11.6 Å². The van der Waals surface area contributed by atoms with Gasteiger partial charge in [-0.25, -0.2) is 4.79 Å². The molecular formula is C24H22ClNO3. The third-order valence-electron chi connectivity index (χ3n) is 4.72. The van der Waals surface area contributed by atoms with E-state index in [2.05, 4.69) is 6.07 Å². The maximum atomic E-state index is 12.3. The highest BCUT2D eigenvalue weighted by atomic mass is 35.5. The number of aliphatic carboxylic acids is 1. The van der Waals surface area contributed by atoms with E-state index in [1.807, 2.05) is 57.2 Å². The Balaban J connectivity index is 2.48. The molecule has 3 rings (SSSR count). The molecule has 1 unspecified atom stereocenters. The van der Waals surface area contributed by atoms with Gasteiger partial charge in [-0.15, -0.1) is 0 Å². The van der Waals surface area contributed by atoms with Crippen molar-refractivity contribution >= 4 is 28.3 Å². The molecule has 0 amide bonds. The van der Waals surface area contributed by atoms with Crippen LogP contribution in [-0.2, 0) is 9.53 Å². The molecule has 4 nitrogen and oxygen atoms in total. The molecule has 0 aliphatic carbocycles. The average Bonchev–Trinajstić information content (AvgIpc) is 2.65. The Hall–Kier alpha value is -2.87. The topological polar surface area (TPSA) is 70.3 Å². The first-order valence-corrected chi connectivity index (χ1v) is 9.63. The average molecular weight is 408 g/mol. The van der Waals surface area contributed by atoms with Gasteiger partial charge in [0.1, 0.15) is 6.07 Å². The summed E-state index contributed by atoms with van der Waals surface area (Å²) < 4.78 is 5.97. The standard InChI is InChI=1S/C24H22ClNO3/c1-14-19(13-26)17-7-5-6-8-18(17)21(15-9-11-16(25)12-10-15)20(14)22(23(27)28)29-24(2,3)4/h5-12,22H,1-4H3,(H,27,28). The van der Waals surface area contributed by atoms with Crippen molar-refractivity contribution in [3.8, 4) is 17.2 Å². The fourth-order valence-electron chi connectivity index (χ4n) is 3.57. The number of carboxylic acids is 1. The number of hydrogen-bond donors (Lipinski definition) is 1. The molecule has 0 radical (unpaired) electrons. The molecule has 0 fully saturated rings. The smallest absolute Gasteiger partial charge is 0.337 e. The van der Waals surface area contributed by atoms with E-state index in [9.17, 15) is 15.2 Å². The lowest BCUT2D eigenvalue weighted by Gasteiger charge is -2.29. The number of carboxylic acid groups (broad SMARTS) is 1. The maximum absolute atomic E-state index is 12.3. The predicted octanol–water partition coefficient (Wildman–Crippen LogP) is 6.28. The highest BCUT2D eigenvalue weighted by molar-refractivity contribution is 6.30. The van der Waals surface area contributed by atoms with Crippen molar-refractivity contribution in [2.75, 3.05) is 0 Å². The van der Waals surface area contributed by atoms with Crippen molar-refractivity contribution in [2.24, 2.45) is 0 Å². The Bertz CT molecular complexity index is 1120. The SMILES string of the molecule is Cc1c(C(OC(C)(C)C)C(=O)O)c(-c2ccc(Cl)cc2)c2ccccc2c1C#N. The van der Waals surface area contributed by atoms with E-state index in [4.69, 9.17) is 16.3 Å². The number of ether oxygens (including phenoxy) is 1. The monoisotopic (exact) mass is 407 g/mol. The van der Waals surface area contributed by atoms with E-state index in [0.29, 0.717) is 21.7 Å². The summed E-state index contributed by atoms with van der Waals surface area (Å²) in [5.41, 5.74) is 2.42. The van der Waals surface area contributed by atoms with Crippen molar-refractivity contribution in [1.29, 1.82) is 5.26 Å². The summed E-state index contributed by atoms with van der Waals surface area (Å²) in [6.45, 7) is 7.22. The highest BCUT2D eigenvalue weighted by Gasteiger charge is 2.32. The normalized spacial score (nSPS) is 12.6. The molecule has 148 valence electrons. The van der Waals surface area contributed by atoms with Crippen LogP contribution in [0.15, 0.2) is 48.5 Å². The second-order valence-electron chi connectivity index (χ2n) is 7.90. The lowest BCUT2D eigenvalue weighted by atomic mass is 9.84. The van der Waals surface area contributed by atoms with Crippen LogP contribution in [0.2, 0.25) is 5.02 Å². The van der Waals surface area contributed by atoms with E-state index in [1.54, 1.807) is 19.1 Å². The van der Waals surface area contributed by atoms with Gasteiger partial charge in [0, 0.05) is 16.0 Å². The molecule has 29 heavy (non-hydrogen) atoms. The van der Waals surface area contributed by atoms with Crippen molar-refractivity contribution in [3.63, 3.8) is 0 Å². The lowest BCUT2D eigenvalue weighted by molar-refractivity contribution is -0.160. The third-order valence-corrected chi connectivity index (χ3v) is 4.97. The maximum Gasteiger partial charge on any atom is 0.337 e. The molecule has 5 heteroatoms. The first-order chi connectivity index (χ1) is 13.6. The van der Waals surface area contributed by atoms with E-state index >= 15 is 0 Å². The van der Waals surface area contributed by atoms with Gasteiger partial charge in [-0.3, -0.25) is 0 Å². The second-order valence-corrected chi connectivity index (χ2v) is 8.34. The van der Waals surface area contributed by atoms with Gasteiger partial charge in [-0.1, -0.05) is 48.0 Å². The van der Waals surface area contributed by atoms with E-state index in [0.717, 1.165) is 21.9 Å². The molecule has 1 atom stereocenters. The zero-order valence-corrected chi connectivity index (χ0v) is 17.5. The molecule has 0 aliphatic rings. The van der Waals surface area contributed by atoms with Gasteiger partial charge in [0.25, 0.3) is 0 Å². The molecule has 0 saturated heterocycles. The summed E-state index contributed by atoms with van der Waals surface area (Å²) in [6.07, 6.45) is -1.22. The van der Waals surface area contributed by atoms with E-state index in [-0.39, 0.29) is 0 Å². The zero-order chi connectivity index (χ0) is 21.3. The molecule has 0 heterocycles. The number of rotatable bonds is 4. The van der Waals surface area contributed by atoms with Crippen molar-refractivity contribution in [3.05, 3.63) is 70.2 Å².